The molecule has 0 spiro atoms. The summed E-state index contributed by atoms with van der Waals surface area (Å²) in [5.74, 6) is 0.0663. The fraction of sp³-hybridized carbons (Fsp3) is 0.167. The number of rotatable bonds is 2. The number of aromatic nitrogens is 1. The molecule has 0 aliphatic carbocycles. The third-order valence-corrected chi connectivity index (χ3v) is 2.55. The predicted molar refractivity (Wildman–Crippen MR) is 61.6 cm³/mol. The molecule has 82 valence electrons. The first kappa shape index (κ1) is 10.9. The molecule has 1 aromatic carbocycles. The lowest BCUT2D eigenvalue weighted by Gasteiger charge is -2.02. The number of halogens is 1. The molecule has 3 nitrogen and oxygen atoms in total. The number of carbonyl (C=O) groups excluding carboxylic acids is 1. The lowest BCUT2D eigenvalue weighted by Crippen LogP contribution is -1.84. The van der Waals surface area contributed by atoms with Gasteiger partial charge in [-0.2, -0.15) is 0 Å². The Kier molecular flexibility index (Phi) is 2.79. The van der Waals surface area contributed by atoms with Gasteiger partial charge in [-0.05, 0) is 31.0 Å². The van der Waals surface area contributed by atoms with Crippen molar-refractivity contribution in [1.82, 2.24) is 5.16 Å². The van der Waals surface area contributed by atoms with Crippen molar-refractivity contribution in [2.45, 2.75) is 13.8 Å². The Bertz CT molecular complexity index is 546. The predicted octanol–water partition coefficient (Wildman–Crippen LogP) is 3.34. The van der Waals surface area contributed by atoms with Crippen LogP contribution in [-0.2, 0) is 0 Å². The SMILES string of the molecule is Cc1ccc(-c2cc(C(=O)Cl)on2)c(C)c1. The van der Waals surface area contributed by atoms with E-state index < -0.39 is 5.24 Å². The minimum Gasteiger partial charge on any atom is -0.351 e. The second-order valence-electron chi connectivity index (χ2n) is 3.67. The highest BCUT2D eigenvalue weighted by molar-refractivity contribution is 6.67. The molecule has 0 amide bonds. The number of benzene rings is 1. The summed E-state index contributed by atoms with van der Waals surface area (Å²) >= 11 is 5.30. The summed E-state index contributed by atoms with van der Waals surface area (Å²) in [5, 5.41) is 3.18. The van der Waals surface area contributed by atoms with E-state index in [1.54, 1.807) is 6.07 Å². The number of hydrogen-bond donors (Lipinski definition) is 0. The van der Waals surface area contributed by atoms with Gasteiger partial charge >= 0.3 is 0 Å². The minimum absolute atomic E-state index is 0.0663. The van der Waals surface area contributed by atoms with Gasteiger partial charge in [0.2, 0.25) is 5.76 Å². The summed E-state index contributed by atoms with van der Waals surface area (Å²) in [5.41, 5.74) is 3.83. The van der Waals surface area contributed by atoms with Crippen molar-refractivity contribution in [3.8, 4) is 11.3 Å². The first-order chi connectivity index (χ1) is 7.58. The van der Waals surface area contributed by atoms with Crippen molar-refractivity contribution in [3.05, 3.63) is 41.2 Å². The quantitative estimate of drug-likeness (QED) is 0.750. The number of nitrogens with zero attached hydrogens (tertiary/aromatic N) is 1. The van der Waals surface area contributed by atoms with Gasteiger partial charge in [0.15, 0.2) is 0 Å². The van der Waals surface area contributed by atoms with Gasteiger partial charge in [0.25, 0.3) is 5.24 Å². The van der Waals surface area contributed by atoms with Crippen LogP contribution in [0.1, 0.15) is 21.7 Å². The molecular weight excluding hydrogens is 226 g/mol. The van der Waals surface area contributed by atoms with Gasteiger partial charge < -0.3 is 4.52 Å². The normalized spacial score (nSPS) is 10.4. The summed E-state index contributed by atoms with van der Waals surface area (Å²) in [7, 11) is 0. The first-order valence-corrected chi connectivity index (χ1v) is 5.20. The molecule has 4 heteroatoms. The zero-order chi connectivity index (χ0) is 11.7. The van der Waals surface area contributed by atoms with E-state index in [9.17, 15) is 4.79 Å². The van der Waals surface area contributed by atoms with Gasteiger partial charge in [-0.15, -0.1) is 0 Å². The number of aryl methyl sites for hydroxylation is 2. The van der Waals surface area contributed by atoms with Gasteiger partial charge in [0.05, 0.1) is 0 Å². The maximum Gasteiger partial charge on any atom is 0.290 e. The molecule has 0 aliphatic rings. The Balaban J connectivity index is 2.46. The molecule has 1 heterocycles. The highest BCUT2D eigenvalue weighted by atomic mass is 35.5. The molecule has 0 saturated carbocycles. The van der Waals surface area contributed by atoms with Crippen molar-refractivity contribution >= 4 is 16.8 Å². The number of hydrogen-bond acceptors (Lipinski definition) is 3. The molecular formula is C12H10ClNO2. The summed E-state index contributed by atoms with van der Waals surface area (Å²) < 4.78 is 4.83. The van der Waals surface area contributed by atoms with E-state index >= 15 is 0 Å². The molecule has 0 unspecified atom stereocenters. The van der Waals surface area contributed by atoms with Gasteiger partial charge in [-0.1, -0.05) is 28.9 Å². The van der Waals surface area contributed by atoms with E-state index in [-0.39, 0.29) is 5.76 Å². The van der Waals surface area contributed by atoms with E-state index in [0.29, 0.717) is 5.69 Å². The summed E-state index contributed by atoms with van der Waals surface area (Å²) in [6.45, 7) is 4.01. The van der Waals surface area contributed by atoms with Gasteiger partial charge in [0, 0.05) is 11.6 Å². The second-order valence-corrected chi connectivity index (χ2v) is 4.01. The zero-order valence-electron chi connectivity index (χ0n) is 8.95. The van der Waals surface area contributed by atoms with Crippen LogP contribution in [0.2, 0.25) is 0 Å². The average molecular weight is 236 g/mol. The monoisotopic (exact) mass is 235 g/mol. The topological polar surface area (TPSA) is 43.1 Å². The maximum absolute atomic E-state index is 10.9. The largest absolute Gasteiger partial charge is 0.351 e. The van der Waals surface area contributed by atoms with Crippen LogP contribution in [0, 0.1) is 13.8 Å². The van der Waals surface area contributed by atoms with Gasteiger partial charge in [0.1, 0.15) is 5.69 Å². The minimum atomic E-state index is -0.636. The Morgan fingerprint density at radius 1 is 1.31 bits per heavy atom. The van der Waals surface area contributed by atoms with Crippen LogP contribution in [0.3, 0.4) is 0 Å². The zero-order valence-corrected chi connectivity index (χ0v) is 9.71. The van der Waals surface area contributed by atoms with E-state index in [1.165, 1.54) is 5.56 Å². The molecule has 2 aromatic rings. The molecule has 2 rings (SSSR count). The van der Waals surface area contributed by atoms with Gasteiger partial charge in [-0.3, -0.25) is 4.79 Å². The third kappa shape index (κ3) is 1.99. The Morgan fingerprint density at radius 2 is 2.06 bits per heavy atom. The summed E-state index contributed by atoms with van der Waals surface area (Å²) in [6.07, 6.45) is 0. The van der Waals surface area contributed by atoms with Crippen LogP contribution in [0.25, 0.3) is 11.3 Å². The molecule has 0 aliphatic heterocycles. The van der Waals surface area contributed by atoms with Crippen LogP contribution >= 0.6 is 11.6 Å². The van der Waals surface area contributed by atoms with Crippen molar-refractivity contribution in [3.63, 3.8) is 0 Å². The van der Waals surface area contributed by atoms with E-state index in [1.807, 2.05) is 32.0 Å². The van der Waals surface area contributed by atoms with E-state index in [0.717, 1.165) is 11.1 Å². The molecule has 0 atom stereocenters. The molecule has 1 aromatic heterocycles. The molecule has 16 heavy (non-hydrogen) atoms. The average Bonchev–Trinajstić information content (AvgIpc) is 2.66. The second kappa shape index (κ2) is 4.10. The van der Waals surface area contributed by atoms with Crippen LogP contribution in [-0.4, -0.2) is 10.4 Å². The molecule has 0 saturated heterocycles. The van der Waals surface area contributed by atoms with Crippen LogP contribution < -0.4 is 0 Å². The van der Waals surface area contributed by atoms with Crippen LogP contribution in [0.4, 0.5) is 0 Å². The fourth-order valence-electron chi connectivity index (χ4n) is 1.60. The summed E-state index contributed by atoms with van der Waals surface area (Å²) in [4.78, 5) is 10.9. The first-order valence-electron chi connectivity index (χ1n) is 4.82. The van der Waals surface area contributed by atoms with Crippen molar-refractivity contribution < 1.29 is 9.32 Å². The maximum atomic E-state index is 10.9. The smallest absolute Gasteiger partial charge is 0.290 e. The Hall–Kier alpha value is -1.61. The van der Waals surface area contributed by atoms with Crippen molar-refractivity contribution in [1.29, 1.82) is 0 Å². The van der Waals surface area contributed by atoms with E-state index in [2.05, 4.69) is 5.16 Å². The molecule has 0 bridgehead atoms. The van der Waals surface area contributed by atoms with Crippen molar-refractivity contribution in [2.24, 2.45) is 0 Å². The van der Waals surface area contributed by atoms with Crippen molar-refractivity contribution in [2.75, 3.05) is 0 Å². The molecule has 0 fully saturated rings. The van der Waals surface area contributed by atoms with Gasteiger partial charge in [-0.25, -0.2) is 0 Å². The Morgan fingerprint density at radius 3 is 2.62 bits per heavy atom. The third-order valence-electron chi connectivity index (χ3n) is 2.36. The summed E-state index contributed by atoms with van der Waals surface area (Å²) in [6, 6.07) is 7.53. The van der Waals surface area contributed by atoms with Crippen LogP contribution in [0.15, 0.2) is 28.8 Å². The molecule has 0 radical (unpaired) electrons. The highest BCUT2D eigenvalue weighted by Crippen LogP contribution is 2.24. The lowest BCUT2D eigenvalue weighted by atomic mass is 10.0. The number of carbonyl (C=O) groups is 1. The molecule has 0 N–H and O–H groups in total. The van der Waals surface area contributed by atoms with Crippen LogP contribution in [0.5, 0.6) is 0 Å². The lowest BCUT2D eigenvalue weighted by molar-refractivity contribution is 0.104. The Labute approximate surface area is 98.0 Å². The standard InChI is InChI=1S/C12H10ClNO2/c1-7-3-4-9(8(2)5-7)10-6-11(12(13)15)16-14-10/h3-6H,1-2H3. The fourth-order valence-corrected chi connectivity index (χ4v) is 1.68. The van der Waals surface area contributed by atoms with E-state index in [4.69, 9.17) is 16.1 Å². The highest BCUT2D eigenvalue weighted by Gasteiger charge is 2.12.